The van der Waals surface area contributed by atoms with Crippen molar-refractivity contribution < 1.29 is 8.78 Å². The second kappa shape index (κ2) is 7.77. The van der Waals surface area contributed by atoms with E-state index in [-0.39, 0.29) is 0 Å². The van der Waals surface area contributed by atoms with E-state index in [2.05, 4.69) is 6.92 Å². The average Bonchev–Trinajstić information content (AvgIpc) is 2.55. The highest BCUT2D eigenvalue weighted by molar-refractivity contribution is 5.22. The molecule has 2 aliphatic rings. The molecule has 3 rings (SSSR count). The van der Waals surface area contributed by atoms with E-state index < -0.39 is 11.6 Å². The van der Waals surface area contributed by atoms with Gasteiger partial charge in [-0.2, -0.15) is 0 Å². The second-order valence-corrected chi connectivity index (χ2v) is 7.88. The van der Waals surface area contributed by atoms with Crippen molar-refractivity contribution in [2.75, 3.05) is 0 Å². The monoisotopic (exact) mass is 320 g/mol. The van der Waals surface area contributed by atoms with Crippen molar-refractivity contribution in [1.29, 1.82) is 0 Å². The van der Waals surface area contributed by atoms with Gasteiger partial charge in [-0.25, -0.2) is 8.78 Å². The molecule has 0 unspecified atom stereocenters. The van der Waals surface area contributed by atoms with Crippen LogP contribution in [0.5, 0.6) is 0 Å². The molecule has 1 aromatic carbocycles. The molecule has 0 spiro atoms. The van der Waals surface area contributed by atoms with Crippen molar-refractivity contribution >= 4 is 0 Å². The highest BCUT2D eigenvalue weighted by atomic mass is 19.1. The Labute approximate surface area is 139 Å². The fourth-order valence-corrected chi connectivity index (χ4v) is 5.09. The molecule has 0 atom stereocenters. The minimum absolute atomic E-state index is 0.355. The van der Waals surface area contributed by atoms with Crippen LogP contribution in [0.2, 0.25) is 0 Å². The first kappa shape index (κ1) is 16.9. The summed E-state index contributed by atoms with van der Waals surface area (Å²) in [5.74, 6) is 2.23. The first-order valence-corrected chi connectivity index (χ1v) is 9.61. The van der Waals surface area contributed by atoms with Gasteiger partial charge in [0.05, 0.1) is 0 Å². The van der Waals surface area contributed by atoms with Crippen LogP contribution in [0.3, 0.4) is 0 Å². The molecular formula is C21H30F2. The Hall–Kier alpha value is -0.920. The molecule has 2 heteroatoms. The summed E-state index contributed by atoms with van der Waals surface area (Å²) in [5, 5.41) is 0. The first-order chi connectivity index (χ1) is 11.2. The van der Waals surface area contributed by atoms with Crippen molar-refractivity contribution in [2.45, 2.75) is 77.0 Å². The summed E-state index contributed by atoms with van der Waals surface area (Å²) in [6.45, 7) is 2.29. The van der Waals surface area contributed by atoms with Crippen LogP contribution in [-0.4, -0.2) is 0 Å². The third-order valence-electron chi connectivity index (χ3n) is 6.38. The molecule has 2 fully saturated rings. The van der Waals surface area contributed by atoms with Gasteiger partial charge in [0.2, 0.25) is 0 Å². The quantitative estimate of drug-likeness (QED) is 0.569. The van der Waals surface area contributed by atoms with Crippen LogP contribution < -0.4 is 0 Å². The van der Waals surface area contributed by atoms with E-state index in [1.165, 1.54) is 63.5 Å². The average molecular weight is 320 g/mol. The lowest BCUT2D eigenvalue weighted by atomic mass is 9.68. The summed E-state index contributed by atoms with van der Waals surface area (Å²) in [5.41, 5.74) is 0.868. The van der Waals surface area contributed by atoms with Crippen molar-refractivity contribution in [3.8, 4) is 0 Å². The lowest BCUT2D eigenvalue weighted by Gasteiger charge is -2.38. The largest absolute Gasteiger partial charge is 0.207 e. The molecule has 0 amide bonds. The van der Waals surface area contributed by atoms with E-state index in [1.54, 1.807) is 0 Å². The van der Waals surface area contributed by atoms with Gasteiger partial charge in [-0.05, 0) is 79.9 Å². The number of benzene rings is 1. The first-order valence-electron chi connectivity index (χ1n) is 9.61. The maximum Gasteiger partial charge on any atom is 0.126 e. The maximum atomic E-state index is 13.4. The number of halogens is 2. The van der Waals surface area contributed by atoms with Gasteiger partial charge < -0.3 is 0 Å². The van der Waals surface area contributed by atoms with Gasteiger partial charge in [-0.15, -0.1) is 0 Å². The predicted molar refractivity (Wildman–Crippen MR) is 91.4 cm³/mol. The van der Waals surface area contributed by atoms with Crippen LogP contribution >= 0.6 is 0 Å². The number of rotatable bonds is 4. The van der Waals surface area contributed by atoms with E-state index in [0.717, 1.165) is 42.2 Å². The Balaban J connectivity index is 1.51. The third kappa shape index (κ3) is 4.33. The minimum atomic E-state index is -0.434. The van der Waals surface area contributed by atoms with Crippen molar-refractivity contribution in [2.24, 2.45) is 17.8 Å². The van der Waals surface area contributed by atoms with Crippen LogP contribution in [0.4, 0.5) is 8.78 Å². The van der Waals surface area contributed by atoms with Gasteiger partial charge >= 0.3 is 0 Å². The van der Waals surface area contributed by atoms with Gasteiger partial charge in [0.1, 0.15) is 11.6 Å². The minimum Gasteiger partial charge on any atom is -0.207 e. The van der Waals surface area contributed by atoms with Crippen molar-refractivity contribution in [1.82, 2.24) is 0 Å². The zero-order valence-electron chi connectivity index (χ0n) is 14.4. The molecule has 0 radical (unpaired) electrons. The molecule has 128 valence electrons. The fraction of sp³-hybridized carbons (Fsp3) is 0.714. The Morgan fingerprint density at radius 2 is 1.30 bits per heavy atom. The smallest absolute Gasteiger partial charge is 0.126 e. The molecule has 0 saturated heterocycles. The summed E-state index contributed by atoms with van der Waals surface area (Å²) in [6.07, 6.45) is 13.1. The molecule has 0 aromatic heterocycles. The molecule has 0 heterocycles. The molecule has 23 heavy (non-hydrogen) atoms. The van der Waals surface area contributed by atoms with Gasteiger partial charge in [0.15, 0.2) is 0 Å². The molecule has 0 nitrogen and oxygen atoms in total. The molecular weight excluding hydrogens is 290 g/mol. The van der Waals surface area contributed by atoms with Gasteiger partial charge in [0, 0.05) is 6.07 Å². The van der Waals surface area contributed by atoms with Crippen LogP contribution in [-0.2, 0) is 0 Å². The maximum absolute atomic E-state index is 13.4. The fourth-order valence-electron chi connectivity index (χ4n) is 5.09. The zero-order valence-corrected chi connectivity index (χ0v) is 14.4. The highest BCUT2D eigenvalue weighted by Crippen LogP contribution is 2.44. The summed E-state index contributed by atoms with van der Waals surface area (Å²) in [6, 6.07) is 4.04. The Morgan fingerprint density at radius 1 is 0.783 bits per heavy atom. The molecule has 0 bridgehead atoms. The predicted octanol–water partition coefficient (Wildman–Crippen LogP) is 6.85. The van der Waals surface area contributed by atoms with E-state index in [9.17, 15) is 8.78 Å². The zero-order chi connectivity index (χ0) is 16.2. The molecule has 2 saturated carbocycles. The van der Waals surface area contributed by atoms with E-state index in [0.29, 0.717) is 5.92 Å². The second-order valence-electron chi connectivity index (χ2n) is 7.88. The van der Waals surface area contributed by atoms with E-state index in [1.807, 2.05) is 0 Å². The molecule has 0 N–H and O–H groups in total. The van der Waals surface area contributed by atoms with Crippen LogP contribution in [0.15, 0.2) is 18.2 Å². The van der Waals surface area contributed by atoms with E-state index in [4.69, 9.17) is 0 Å². The highest BCUT2D eigenvalue weighted by Gasteiger charge is 2.31. The van der Waals surface area contributed by atoms with Crippen LogP contribution in [0.25, 0.3) is 0 Å². The standard InChI is InChI=1S/C21H30F2/c1-2-3-15-4-6-16(7-5-15)17-8-10-18(11-9-17)19-12-20(22)14-21(23)13-19/h12-18H,2-11H2,1H3/t15-,16-,17?,18?. The third-order valence-corrected chi connectivity index (χ3v) is 6.38. The Bertz CT molecular complexity index is 474. The van der Waals surface area contributed by atoms with Gasteiger partial charge in [-0.1, -0.05) is 32.6 Å². The molecule has 1 aromatic rings. The van der Waals surface area contributed by atoms with Gasteiger partial charge in [-0.3, -0.25) is 0 Å². The van der Waals surface area contributed by atoms with Gasteiger partial charge in [0.25, 0.3) is 0 Å². The number of hydrogen-bond acceptors (Lipinski definition) is 0. The topological polar surface area (TPSA) is 0 Å². The number of hydrogen-bond donors (Lipinski definition) is 0. The van der Waals surface area contributed by atoms with E-state index >= 15 is 0 Å². The lowest BCUT2D eigenvalue weighted by Crippen LogP contribution is -2.25. The van der Waals surface area contributed by atoms with Crippen LogP contribution in [0.1, 0.15) is 82.6 Å². The summed E-state index contributed by atoms with van der Waals surface area (Å²) >= 11 is 0. The normalized spacial score (nSPS) is 32.0. The van der Waals surface area contributed by atoms with Crippen molar-refractivity contribution in [3.63, 3.8) is 0 Å². The SMILES string of the molecule is CCC[C@H]1CC[C@H](C2CCC(c3cc(F)cc(F)c3)CC2)CC1. The van der Waals surface area contributed by atoms with Crippen LogP contribution in [0, 0.1) is 29.4 Å². The molecule has 2 aliphatic carbocycles. The summed E-state index contributed by atoms with van der Waals surface area (Å²) in [4.78, 5) is 0. The molecule has 0 aliphatic heterocycles. The Kier molecular flexibility index (Phi) is 5.71. The summed E-state index contributed by atoms with van der Waals surface area (Å²) < 4.78 is 26.8. The Morgan fingerprint density at radius 3 is 1.83 bits per heavy atom. The van der Waals surface area contributed by atoms with Crippen molar-refractivity contribution in [3.05, 3.63) is 35.4 Å². The lowest BCUT2D eigenvalue weighted by molar-refractivity contribution is 0.156. The summed E-state index contributed by atoms with van der Waals surface area (Å²) in [7, 11) is 0.